The molecule has 0 aromatic heterocycles. The highest BCUT2D eigenvalue weighted by Crippen LogP contribution is 2.26. The van der Waals surface area contributed by atoms with Gasteiger partial charge < -0.3 is 26.8 Å². The Morgan fingerprint density at radius 1 is 1.33 bits per heavy atom. The van der Waals surface area contributed by atoms with E-state index in [1.165, 1.54) is 0 Å². The first kappa shape index (κ1) is 16.5. The van der Waals surface area contributed by atoms with Crippen LogP contribution in [-0.4, -0.2) is 53.2 Å². The molecule has 0 bridgehead atoms. The Labute approximate surface area is 143 Å². The van der Waals surface area contributed by atoms with Crippen LogP contribution >= 0.6 is 0 Å². The molecule has 1 saturated heterocycles. The number of phenols is 1. The summed E-state index contributed by atoms with van der Waals surface area (Å²) in [6.07, 6.45) is 1.87. The van der Waals surface area contributed by atoms with Crippen LogP contribution in [0.3, 0.4) is 0 Å². The lowest BCUT2D eigenvalue weighted by Gasteiger charge is -2.47. The smallest absolute Gasteiger partial charge is 0.124 e. The topological polar surface area (TPSA) is 90.8 Å². The Morgan fingerprint density at radius 2 is 2.08 bits per heavy atom. The van der Waals surface area contributed by atoms with Gasteiger partial charge >= 0.3 is 0 Å². The van der Waals surface area contributed by atoms with Crippen molar-refractivity contribution in [1.29, 1.82) is 0 Å². The zero-order chi connectivity index (χ0) is 17.3. The van der Waals surface area contributed by atoms with Crippen molar-refractivity contribution < 1.29 is 5.11 Å². The summed E-state index contributed by atoms with van der Waals surface area (Å²) in [7, 11) is 0. The number of hydrogen-bond donors (Lipinski definition) is 4. The van der Waals surface area contributed by atoms with Crippen LogP contribution in [0.1, 0.15) is 19.4 Å². The highest BCUT2D eigenvalue weighted by molar-refractivity contribution is 5.70. The number of benzene rings is 1. The number of fused-ring (bicyclic) bond motifs is 1. The van der Waals surface area contributed by atoms with Gasteiger partial charge in [0, 0.05) is 43.5 Å². The van der Waals surface area contributed by atoms with E-state index in [2.05, 4.69) is 29.0 Å². The molecule has 6 N–H and O–H groups in total. The van der Waals surface area contributed by atoms with Crippen LogP contribution in [0.25, 0.3) is 5.70 Å². The molecular weight excluding hydrogens is 302 g/mol. The number of hydrogen-bond acceptors (Lipinski definition) is 6. The summed E-state index contributed by atoms with van der Waals surface area (Å²) in [6, 6.07) is 8.00. The van der Waals surface area contributed by atoms with Crippen molar-refractivity contribution in [3.8, 4) is 5.75 Å². The van der Waals surface area contributed by atoms with Crippen molar-refractivity contribution >= 4 is 5.70 Å². The summed E-state index contributed by atoms with van der Waals surface area (Å²) >= 11 is 0. The molecule has 0 radical (unpaired) electrons. The van der Waals surface area contributed by atoms with Crippen LogP contribution in [-0.2, 0) is 0 Å². The van der Waals surface area contributed by atoms with Gasteiger partial charge in [-0.2, -0.15) is 0 Å². The van der Waals surface area contributed by atoms with Gasteiger partial charge in [-0.05, 0) is 32.1 Å². The van der Waals surface area contributed by atoms with Crippen molar-refractivity contribution in [3.05, 3.63) is 47.4 Å². The molecule has 6 nitrogen and oxygen atoms in total. The van der Waals surface area contributed by atoms with Gasteiger partial charge in [0.2, 0.25) is 0 Å². The van der Waals surface area contributed by atoms with Gasteiger partial charge in [0.1, 0.15) is 11.6 Å². The van der Waals surface area contributed by atoms with E-state index in [-0.39, 0.29) is 5.75 Å². The molecule has 0 amide bonds. The van der Waals surface area contributed by atoms with Gasteiger partial charge in [0.25, 0.3) is 0 Å². The summed E-state index contributed by atoms with van der Waals surface area (Å²) in [4.78, 5) is 4.82. The van der Waals surface area contributed by atoms with Crippen molar-refractivity contribution in [1.82, 2.24) is 15.1 Å². The van der Waals surface area contributed by atoms with Crippen LogP contribution in [0.5, 0.6) is 5.75 Å². The second-order valence-corrected chi connectivity index (χ2v) is 6.73. The summed E-state index contributed by atoms with van der Waals surface area (Å²) in [5, 5.41) is 13.3. The Kier molecular flexibility index (Phi) is 4.57. The molecule has 0 aliphatic carbocycles. The minimum absolute atomic E-state index is 0.176. The molecule has 0 spiro atoms. The molecule has 130 valence electrons. The molecule has 24 heavy (non-hydrogen) atoms. The molecule has 2 heterocycles. The SMILES string of the molecule is CC(C)N1CCN2C(/C=C(\N)c3ccccc3O)=C(N)NCC2C1. The molecule has 1 aromatic carbocycles. The third-order valence-corrected chi connectivity index (χ3v) is 4.87. The molecule has 2 aliphatic rings. The van der Waals surface area contributed by atoms with Crippen molar-refractivity contribution in [2.24, 2.45) is 11.5 Å². The van der Waals surface area contributed by atoms with Crippen molar-refractivity contribution in [2.45, 2.75) is 25.9 Å². The molecule has 2 aliphatic heterocycles. The fourth-order valence-corrected chi connectivity index (χ4v) is 3.42. The fourth-order valence-electron chi connectivity index (χ4n) is 3.42. The Bertz CT molecular complexity index is 667. The lowest BCUT2D eigenvalue weighted by molar-refractivity contribution is 0.0750. The number of aromatic hydroxyl groups is 1. The summed E-state index contributed by atoms with van der Waals surface area (Å²) in [5.74, 6) is 0.818. The first-order chi connectivity index (χ1) is 11.5. The first-order valence-electron chi connectivity index (χ1n) is 8.47. The highest BCUT2D eigenvalue weighted by atomic mass is 16.3. The monoisotopic (exact) mass is 329 g/mol. The highest BCUT2D eigenvalue weighted by Gasteiger charge is 2.32. The number of para-hydroxylation sites is 1. The fraction of sp³-hybridized carbons (Fsp3) is 0.444. The molecule has 6 heteroatoms. The van der Waals surface area contributed by atoms with E-state index in [4.69, 9.17) is 11.5 Å². The molecule has 1 aromatic rings. The lowest BCUT2D eigenvalue weighted by Crippen LogP contribution is -2.60. The minimum atomic E-state index is 0.176. The molecule has 1 atom stereocenters. The number of rotatable bonds is 3. The number of allylic oxidation sites excluding steroid dienone is 1. The van der Waals surface area contributed by atoms with Crippen LogP contribution in [0.15, 0.2) is 41.9 Å². The number of nitrogens with zero attached hydrogens (tertiary/aromatic N) is 2. The van der Waals surface area contributed by atoms with E-state index in [0.717, 1.165) is 31.9 Å². The maximum Gasteiger partial charge on any atom is 0.124 e. The Morgan fingerprint density at radius 3 is 2.79 bits per heavy atom. The maximum atomic E-state index is 10.0. The van der Waals surface area contributed by atoms with Crippen LogP contribution in [0.4, 0.5) is 0 Å². The quantitative estimate of drug-likeness (QED) is 0.656. The van der Waals surface area contributed by atoms with E-state index in [9.17, 15) is 5.11 Å². The van der Waals surface area contributed by atoms with E-state index in [1.54, 1.807) is 12.1 Å². The molecule has 1 fully saturated rings. The third kappa shape index (κ3) is 3.14. The van der Waals surface area contributed by atoms with Gasteiger partial charge in [-0.1, -0.05) is 12.1 Å². The van der Waals surface area contributed by atoms with Crippen LogP contribution in [0, 0.1) is 0 Å². The zero-order valence-electron chi connectivity index (χ0n) is 14.4. The maximum absolute atomic E-state index is 10.0. The predicted molar refractivity (Wildman–Crippen MR) is 96.7 cm³/mol. The van der Waals surface area contributed by atoms with Gasteiger partial charge in [-0.3, -0.25) is 4.90 Å². The van der Waals surface area contributed by atoms with Crippen LogP contribution in [0.2, 0.25) is 0 Å². The second kappa shape index (κ2) is 6.65. The average Bonchev–Trinajstić information content (AvgIpc) is 2.57. The van der Waals surface area contributed by atoms with Gasteiger partial charge in [0.05, 0.1) is 11.7 Å². The van der Waals surface area contributed by atoms with Gasteiger partial charge in [-0.15, -0.1) is 0 Å². The van der Waals surface area contributed by atoms with E-state index < -0.39 is 0 Å². The normalized spacial score (nSPS) is 22.5. The molecule has 0 saturated carbocycles. The summed E-state index contributed by atoms with van der Waals surface area (Å²) < 4.78 is 0. The number of nitrogens with two attached hydrogens (primary N) is 2. The molecule has 3 rings (SSSR count). The van der Waals surface area contributed by atoms with E-state index in [1.807, 2.05) is 18.2 Å². The number of piperazine rings is 1. The summed E-state index contributed by atoms with van der Waals surface area (Å²) in [5.41, 5.74) is 14.5. The van der Waals surface area contributed by atoms with Gasteiger partial charge in [0.15, 0.2) is 0 Å². The van der Waals surface area contributed by atoms with Gasteiger partial charge in [-0.25, -0.2) is 0 Å². The Balaban J connectivity index is 1.87. The van der Waals surface area contributed by atoms with E-state index in [0.29, 0.717) is 29.2 Å². The first-order valence-corrected chi connectivity index (χ1v) is 8.47. The lowest BCUT2D eigenvalue weighted by atomic mass is 10.0. The minimum Gasteiger partial charge on any atom is -0.507 e. The van der Waals surface area contributed by atoms with Crippen LogP contribution < -0.4 is 16.8 Å². The number of nitrogens with one attached hydrogen (secondary N) is 1. The largest absolute Gasteiger partial charge is 0.507 e. The third-order valence-electron chi connectivity index (χ3n) is 4.87. The van der Waals surface area contributed by atoms with Crippen molar-refractivity contribution in [3.63, 3.8) is 0 Å². The molecular formula is C18H27N5O. The number of phenolic OH excluding ortho intramolecular Hbond substituents is 1. The van der Waals surface area contributed by atoms with Crippen molar-refractivity contribution in [2.75, 3.05) is 26.2 Å². The Hall–Kier alpha value is -2.34. The second-order valence-electron chi connectivity index (χ2n) is 6.73. The zero-order valence-corrected chi connectivity index (χ0v) is 14.4. The molecule has 1 unspecified atom stereocenters. The predicted octanol–water partition coefficient (Wildman–Crippen LogP) is 0.817. The van der Waals surface area contributed by atoms with E-state index >= 15 is 0 Å². The summed E-state index contributed by atoms with van der Waals surface area (Å²) in [6.45, 7) is 8.23. The average molecular weight is 329 g/mol. The standard InChI is InChI=1S/C18H27N5O/c1-12(2)22-7-8-23-13(11-22)10-21-18(20)16(23)9-15(19)14-5-3-4-6-17(14)24/h3-6,9,12-13,21,24H,7-8,10-11,19-20H2,1-2H3/b15-9-.